The Labute approximate surface area is 140 Å². The molecule has 1 aliphatic heterocycles. The van der Waals surface area contributed by atoms with Crippen molar-refractivity contribution >= 4 is 17.5 Å². The molecule has 2 amide bonds. The quantitative estimate of drug-likeness (QED) is 0.905. The highest BCUT2D eigenvalue weighted by Gasteiger charge is 2.32. The molecule has 1 N–H and O–H groups in total. The Balaban J connectivity index is 1.60. The van der Waals surface area contributed by atoms with Crippen LogP contribution in [0.1, 0.15) is 12.6 Å². The smallest absolute Gasteiger partial charge is 0.268 e. The highest BCUT2D eigenvalue weighted by Crippen LogP contribution is 2.33. The van der Waals surface area contributed by atoms with Gasteiger partial charge in [-0.15, -0.1) is 0 Å². The van der Waals surface area contributed by atoms with Crippen LogP contribution in [0, 0.1) is 0 Å². The highest BCUT2D eigenvalue weighted by atomic mass is 16.5. The molecule has 1 atom stereocenters. The third-order valence-electron chi connectivity index (χ3n) is 3.80. The number of para-hydroxylation sites is 2. The molecule has 2 heterocycles. The summed E-state index contributed by atoms with van der Waals surface area (Å²) in [7, 11) is 0. The zero-order valence-corrected chi connectivity index (χ0v) is 13.4. The van der Waals surface area contributed by atoms with Gasteiger partial charge in [-0.2, -0.15) is 0 Å². The first kappa shape index (κ1) is 16.0. The first-order valence-electron chi connectivity index (χ1n) is 7.89. The lowest BCUT2D eigenvalue weighted by Crippen LogP contribution is -2.49. The Hall–Kier alpha value is -2.89. The minimum Gasteiger partial charge on any atom is -0.479 e. The summed E-state index contributed by atoms with van der Waals surface area (Å²) in [4.78, 5) is 30.2. The number of ether oxygens (including phenoxy) is 1. The van der Waals surface area contributed by atoms with E-state index in [1.807, 2.05) is 30.3 Å². The van der Waals surface area contributed by atoms with Gasteiger partial charge in [-0.05, 0) is 31.2 Å². The van der Waals surface area contributed by atoms with E-state index in [0.717, 1.165) is 5.69 Å². The average Bonchev–Trinajstić information content (AvgIpc) is 2.60. The van der Waals surface area contributed by atoms with Crippen molar-refractivity contribution in [2.45, 2.75) is 19.4 Å². The Morgan fingerprint density at radius 3 is 2.83 bits per heavy atom. The van der Waals surface area contributed by atoms with Crippen molar-refractivity contribution in [1.82, 2.24) is 10.3 Å². The van der Waals surface area contributed by atoms with Crippen molar-refractivity contribution < 1.29 is 14.3 Å². The Morgan fingerprint density at radius 1 is 1.25 bits per heavy atom. The van der Waals surface area contributed by atoms with E-state index in [1.54, 1.807) is 25.3 Å². The predicted octanol–water partition coefficient (Wildman–Crippen LogP) is 1.55. The van der Waals surface area contributed by atoms with E-state index in [9.17, 15) is 9.59 Å². The van der Waals surface area contributed by atoms with Crippen LogP contribution in [0.15, 0.2) is 48.7 Å². The molecular formula is C18H19N3O3. The third-order valence-corrected chi connectivity index (χ3v) is 3.80. The normalized spacial score (nSPS) is 16.3. The third kappa shape index (κ3) is 3.53. The maximum atomic E-state index is 12.3. The monoisotopic (exact) mass is 325 g/mol. The molecule has 6 heteroatoms. The fraction of sp³-hybridized carbons (Fsp3) is 0.278. The van der Waals surface area contributed by atoms with E-state index < -0.39 is 6.10 Å². The molecule has 0 aliphatic carbocycles. The van der Waals surface area contributed by atoms with Crippen LogP contribution >= 0.6 is 0 Å². The van der Waals surface area contributed by atoms with Crippen molar-refractivity contribution in [3.8, 4) is 5.75 Å². The van der Waals surface area contributed by atoms with E-state index >= 15 is 0 Å². The Bertz CT molecular complexity index is 733. The van der Waals surface area contributed by atoms with Crippen LogP contribution in [0.25, 0.3) is 0 Å². The van der Waals surface area contributed by atoms with Gasteiger partial charge in [0, 0.05) is 24.9 Å². The number of carbonyl (C=O) groups is 2. The van der Waals surface area contributed by atoms with E-state index in [0.29, 0.717) is 24.4 Å². The van der Waals surface area contributed by atoms with Crippen LogP contribution in [0.3, 0.4) is 0 Å². The molecular weight excluding hydrogens is 306 g/mol. The summed E-state index contributed by atoms with van der Waals surface area (Å²) in [6, 6.07) is 12.9. The number of hydrogen-bond acceptors (Lipinski definition) is 4. The second-order valence-electron chi connectivity index (χ2n) is 5.57. The van der Waals surface area contributed by atoms with Crippen molar-refractivity contribution in [2.24, 2.45) is 0 Å². The van der Waals surface area contributed by atoms with Crippen LogP contribution in [-0.2, 0) is 16.0 Å². The molecule has 6 nitrogen and oxygen atoms in total. The van der Waals surface area contributed by atoms with E-state index in [-0.39, 0.29) is 18.4 Å². The molecule has 1 aromatic heterocycles. The number of nitrogens with one attached hydrogen (secondary N) is 1. The number of pyridine rings is 1. The summed E-state index contributed by atoms with van der Waals surface area (Å²) in [6.07, 6.45) is 1.78. The Morgan fingerprint density at radius 2 is 2.04 bits per heavy atom. The molecule has 0 unspecified atom stereocenters. The topological polar surface area (TPSA) is 71.5 Å². The van der Waals surface area contributed by atoms with Gasteiger partial charge in [0.25, 0.3) is 5.91 Å². The molecule has 0 bridgehead atoms. The van der Waals surface area contributed by atoms with E-state index in [2.05, 4.69) is 10.3 Å². The summed E-state index contributed by atoms with van der Waals surface area (Å²) in [5.74, 6) is 0.197. The predicted molar refractivity (Wildman–Crippen MR) is 89.8 cm³/mol. The number of nitrogens with zero attached hydrogens (tertiary/aromatic N) is 2. The lowest BCUT2D eigenvalue weighted by molar-refractivity contribution is -0.128. The zero-order chi connectivity index (χ0) is 16.9. The van der Waals surface area contributed by atoms with Crippen molar-refractivity contribution in [1.29, 1.82) is 0 Å². The van der Waals surface area contributed by atoms with Crippen molar-refractivity contribution in [3.05, 3.63) is 54.4 Å². The fourth-order valence-electron chi connectivity index (χ4n) is 2.60. The SMILES string of the molecule is C[C@H]1Oc2ccccc2N(CC(=O)NCCc2ccccn2)C1=O. The van der Waals surface area contributed by atoms with Crippen molar-refractivity contribution in [2.75, 3.05) is 18.0 Å². The summed E-state index contributed by atoms with van der Waals surface area (Å²) in [5, 5.41) is 2.83. The zero-order valence-electron chi connectivity index (χ0n) is 13.4. The number of aromatic nitrogens is 1. The molecule has 0 fully saturated rings. The van der Waals surface area contributed by atoms with Gasteiger partial charge in [-0.25, -0.2) is 0 Å². The van der Waals surface area contributed by atoms with Crippen LogP contribution in [0.4, 0.5) is 5.69 Å². The minimum atomic E-state index is -0.596. The number of anilines is 1. The average molecular weight is 325 g/mol. The molecule has 2 aromatic rings. The molecule has 0 radical (unpaired) electrons. The molecule has 1 aromatic carbocycles. The second-order valence-corrected chi connectivity index (χ2v) is 5.57. The summed E-state index contributed by atoms with van der Waals surface area (Å²) < 4.78 is 5.56. The first-order valence-corrected chi connectivity index (χ1v) is 7.89. The number of hydrogen-bond donors (Lipinski definition) is 1. The van der Waals surface area contributed by atoms with Crippen molar-refractivity contribution in [3.63, 3.8) is 0 Å². The summed E-state index contributed by atoms with van der Waals surface area (Å²) in [6.45, 7) is 2.14. The number of rotatable bonds is 5. The number of amides is 2. The molecule has 0 saturated carbocycles. The van der Waals surface area contributed by atoms with Crippen LogP contribution in [-0.4, -0.2) is 36.0 Å². The van der Waals surface area contributed by atoms with Gasteiger partial charge in [0.2, 0.25) is 5.91 Å². The molecule has 24 heavy (non-hydrogen) atoms. The summed E-state index contributed by atoms with van der Waals surface area (Å²) >= 11 is 0. The van der Waals surface area contributed by atoms with Gasteiger partial charge in [-0.3, -0.25) is 19.5 Å². The first-order chi connectivity index (χ1) is 11.6. The highest BCUT2D eigenvalue weighted by molar-refractivity contribution is 6.03. The van der Waals surface area contributed by atoms with E-state index in [4.69, 9.17) is 4.74 Å². The molecule has 124 valence electrons. The van der Waals surface area contributed by atoms with E-state index in [1.165, 1.54) is 4.90 Å². The second kappa shape index (κ2) is 7.12. The molecule has 0 spiro atoms. The van der Waals surface area contributed by atoms with Gasteiger partial charge in [0.05, 0.1) is 5.69 Å². The lowest BCUT2D eigenvalue weighted by atomic mass is 10.2. The summed E-state index contributed by atoms with van der Waals surface area (Å²) in [5.41, 5.74) is 1.54. The number of benzene rings is 1. The van der Waals surface area contributed by atoms with Gasteiger partial charge >= 0.3 is 0 Å². The largest absolute Gasteiger partial charge is 0.479 e. The molecule has 0 saturated heterocycles. The maximum absolute atomic E-state index is 12.3. The van der Waals surface area contributed by atoms with Gasteiger partial charge in [0.1, 0.15) is 12.3 Å². The number of carbonyl (C=O) groups excluding carboxylic acids is 2. The minimum absolute atomic E-state index is 0.0221. The lowest BCUT2D eigenvalue weighted by Gasteiger charge is -2.32. The maximum Gasteiger partial charge on any atom is 0.268 e. The van der Waals surface area contributed by atoms with Gasteiger partial charge in [-0.1, -0.05) is 18.2 Å². The van der Waals surface area contributed by atoms with Gasteiger partial charge < -0.3 is 10.1 Å². The fourth-order valence-corrected chi connectivity index (χ4v) is 2.60. The van der Waals surface area contributed by atoms with Crippen LogP contribution < -0.4 is 15.0 Å². The molecule has 3 rings (SSSR count). The van der Waals surface area contributed by atoms with Crippen LogP contribution in [0.2, 0.25) is 0 Å². The molecule has 1 aliphatic rings. The Kier molecular flexibility index (Phi) is 4.74. The standard InChI is InChI=1S/C18H19N3O3/c1-13-18(23)21(15-7-2-3-8-16(15)24-13)12-17(22)20-11-9-14-6-4-5-10-19-14/h2-8,10,13H,9,11-12H2,1H3,(H,20,22)/t13-/m1/s1. The number of fused-ring (bicyclic) bond motifs is 1. The van der Waals surface area contributed by atoms with Gasteiger partial charge in [0.15, 0.2) is 6.10 Å². The van der Waals surface area contributed by atoms with Crippen LogP contribution in [0.5, 0.6) is 5.75 Å².